The van der Waals surface area contributed by atoms with Crippen LogP contribution < -0.4 is 5.32 Å². The molecule has 0 radical (unpaired) electrons. The first-order valence-corrected chi connectivity index (χ1v) is 7.84. The molecule has 7 nitrogen and oxygen atoms in total. The molecule has 23 heavy (non-hydrogen) atoms. The SMILES string of the molecule is Cc1nn(C)c(C)c1[C@H]1OCC[C@@H]1CNC(=O)Cc1ccon1. The lowest BCUT2D eigenvalue weighted by atomic mass is 9.94. The van der Waals surface area contributed by atoms with Crippen molar-refractivity contribution in [1.29, 1.82) is 0 Å². The van der Waals surface area contributed by atoms with E-state index in [1.807, 2.05) is 18.7 Å². The van der Waals surface area contributed by atoms with Gasteiger partial charge >= 0.3 is 0 Å². The monoisotopic (exact) mass is 318 g/mol. The second kappa shape index (κ2) is 6.54. The van der Waals surface area contributed by atoms with Gasteiger partial charge in [-0.15, -0.1) is 0 Å². The van der Waals surface area contributed by atoms with E-state index < -0.39 is 0 Å². The topological polar surface area (TPSA) is 82.2 Å². The van der Waals surface area contributed by atoms with Crippen LogP contribution in [0.15, 0.2) is 16.9 Å². The molecule has 124 valence electrons. The summed E-state index contributed by atoms with van der Waals surface area (Å²) in [5.41, 5.74) is 3.91. The highest BCUT2D eigenvalue weighted by molar-refractivity contribution is 5.78. The van der Waals surface area contributed by atoms with Crippen LogP contribution in [0.4, 0.5) is 0 Å². The van der Waals surface area contributed by atoms with E-state index in [9.17, 15) is 4.79 Å². The lowest BCUT2D eigenvalue weighted by Gasteiger charge is -2.19. The Morgan fingerprint density at radius 1 is 1.48 bits per heavy atom. The zero-order valence-electron chi connectivity index (χ0n) is 13.7. The number of hydrogen-bond acceptors (Lipinski definition) is 5. The Bertz CT molecular complexity index is 678. The molecule has 2 aromatic heterocycles. The van der Waals surface area contributed by atoms with Gasteiger partial charge in [0.1, 0.15) is 6.26 Å². The van der Waals surface area contributed by atoms with Gasteiger partial charge in [-0.25, -0.2) is 0 Å². The molecule has 1 aliphatic heterocycles. The quantitative estimate of drug-likeness (QED) is 0.902. The average Bonchev–Trinajstić information content (AvgIpc) is 3.21. The molecule has 1 aliphatic rings. The first kappa shape index (κ1) is 15.7. The summed E-state index contributed by atoms with van der Waals surface area (Å²) in [6.07, 6.45) is 2.64. The Hall–Kier alpha value is -2.15. The number of carbonyl (C=O) groups is 1. The number of nitrogens with one attached hydrogen (secondary N) is 1. The molecule has 0 aromatic carbocycles. The van der Waals surface area contributed by atoms with Crippen LogP contribution in [0, 0.1) is 19.8 Å². The Kier molecular flexibility index (Phi) is 4.47. The Morgan fingerprint density at radius 3 is 2.96 bits per heavy atom. The van der Waals surface area contributed by atoms with Crippen molar-refractivity contribution in [2.24, 2.45) is 13.0 Å². The van der Waals surface area contributed by atoms with Crippen LogP contribution in [-0.2, 0) is 23.0 Å². The van der Waals surface area contributed by atoms with Gasteiger partial charge in [0.25, 0.3) is 0 Å². The highest BCUT2D eigenvalue weighted by Gasteiger charge is 2.33. The van der Waals surface area contributed by atoms with E-state index in [0.29, 0.717) is 18.8 Å². The second-order valence-electron chi connectivity index (χ2n) is 6.02. The maximum atomic E-state index is 12.0. The molecule has 1 N–H and O–H groups in total. The van der Waals surface area contributed by atoms with Crippen molar-refractivity contribution in [3.05, 3.63) is 35.0 Å². The Labute approximate surface area is 135 Å². The fraction of sp³-hybridized carbons (Fsp3) is 0.562. The van der Waals surface area contributed by atoms with Crippen molar-refractivity contribution < 1.29 is 14.1 Å². The summed E-state index contributed by atoms with van der Waals surface area (Å²) in [7, 11) is 1.94. The van der Waals surface area contributed by atoms with Crippen molar-refractivity contribution >= 4 is 5.91 Å². The minimum Gasteiger partial charge on any atom is -0.373 e. The second-order valence-corrected chi connectivity index (χ2v) is 6.02. The van der Waals surface area contributed by atoms with Gasteiger partial charge < -0.3 is 14.6 Å². The van der Waals surface area contributed by atoms with Crippen molar-refractivity contribution in [3.63, 3.8) is 0 Å². The highest BCUT2D eigenvalue weighted by Crippen LogP contribution is 2.37. The molecule has 2 atom stereocenters. The number of carbonyl (C=O) groups excluding carboxylic acids is 1. The minimum atomic E-state index is -0.0517. The van der Waals surface area contributed by atoms with E-state index in [1.54, 1.807) is 6.07 Å². The van der Waals surface area contributed by atoms with E-state index in [4.69, 9.17) is 9.26 Å². The predicted octanol–water partition coefficient (Wildman–Crippen LogP) is 1.46. The number of aryl methyl sites for hydroxylation is 2. The first-order valence-electron chi connectivity index (χ1n) is 7.84. The van der Waals surface area contributed by atoms with E-state index in [0.717, 1.165) is 23.4 Å². The number of amides is 1. The Morgan fingerprint density at radius 2 is 2.30 bits per heavy atom. The van der Waals surface area contributed by atoms with Crippen LogP contribution >= 0.6 is 0 Å². The van der Waals surface area contributed by atoms with Crippen molar-refractivity contribution in [2.75, 3.05) is 13.2 Å². The number of hydrogen-bond donors (Lipinski definition) is 1. The first-order chi connectivity index (χ1) is 11.1. The standard InChI is InChI=1S/C16H22N4O3/c1-10-15(11(2)20(3)18-10)16-12(4-6-22-16)9-17-14(21)8-13-5-7-23-19-13/h5,7,12,16H,4,6,8-9H2,1-3H3,(H,17,21)/t12-,16+/m1/s1. The van der Waals surface area contributed by atoms with Gasteiger partial charge in [0, 0.05) is 43.4 Å². The van der Waals surface area contributed by atoms with Crippen LogP contribution in [0.2, 0.25) is 0 Å². The van der Waals surface area contributed by atoms with Gasteiger partial charge in [-0.05, 0) is 20.3 Å². The van der Waals surface area contributed by atoms with Gasteiger partial charge in [0.15, 0.2) is 0 Å². The van der Waals surface area contributed by atoms with Crippen LogP contribution in [-0.4, -0.2) is 34.0 Å². The van der Waals surface area contributed by atoms with Gasteiger partial charge in [0.2, 0.25) is 5.91 Å². The zero-order chi connectivity index (χ0) is 16.4. The number of aromatic nitrogens is 3. The van der Waals surface area contributed by atoms with Gasteiger partial charge in [-0.3, -0.25) is 9.48 Å². The van der Waals surface area contributed by atoms with Crippen LogP contribution in [0.5, 0.6) is 0 Å². The molecular formula is C16H22N4O3. The molecular weight excluding hydrogens is 296 g/mol. The summed E-state index contributed by atoms with van der Waals surface area (Å²) in [5, 5.41) is 11.2. The third kappa shape index (κ3) is 3.29. The summed E-state index contributed by atoms with van der Waals surface area (Å²) in [6, 6.07) is 1.70. The molecule has 0 spiro atoms. The molecule has 0 aliphatic carbocycles. The summed E-state index contributed by atoms with van der Waals surface area (Å²) >= 11 is 0. The fourth-order valence-electron chi connectivity index (χ4n) is 3.16. The Balaban J connectivity index is 1.62. The summed E-state index contributed by atoms with van der Waals surface area (Å²) in [4.78, 5) is 12.0. The average molecular weight is 318 g/mol. The zero-order valence-corrected chi connectivity index (χ0v) is 13.7. The lowest BCUT2D eigenvalue weighted by Crippen LogP contribution is -2.31. The number of ether oxygens (including phenoxy) is 1. The third-order valence-electron chi connectivity index (χ3n) is 4.46. The smallest absolute Gasteiger partial charge is 0.226 e. The van der Waals surface area contributed by atoms with Gasteiger partial charge in [-0.2, -0.15) is 5.10 Å². The summed E-state index contributed by atoms with van der Waals surface area (Å²) < 4.78 is 12.6. The fourth-order valence-corrected chi connectivity index (χ4v) is 3.16. The highest BCUT2D eigenvalue weighted by atomic mass is 16.5. The molecule has 0 bridgehead atoms. The third-order valence-corrected chi connectivity index (χ3v) is 4.46. The molecule has 2 aromatic rings. The van der Waals surface area contributed by atoms with Gasteiger partial charge in [0.05, 0.1) is 23.9 Å². The van der Waals surface area contributed by atoms with Crippen molar-refractivity contribution in [1.82, 2.24) is 20.3 Å². The molecule has 1 amide bonds. The molecule has 1 fully saturated rings. The van der Waals surface area contributed by atoms with Gasteiger partial charge in [-0.1, -0.05) is 5.16 Å². The maximum absolute atomic E-state index is 12.0. The predicted molar refractivity (Wildman–Crippen MR) is 82.7 cm³/mol. The number of nitrogens with zero attached hydrogens (tertiary/aromatic N) is 3. The van der Waals surface area contributed by atoms with E-state index in [1.165, 1.54) is 6.26 Å². The minimum absolute atomic E-state index is 0.00366. The summed E-state index contributed by atoms with van der Waals surface area (Å²) in [5.74, 6) is 0.210. The molecule has 3 rings (SSSR count). The van der Waals surface area contributed by atoms with Crippen molar-refractivity contribution in [3.8, 4) is 0 Å². The summed E-state index contributed by atoms with van der Waals surface area (Å²) in [6.45, 7) is 5.36. The number of rotatable bonds is 5. The van der Waals surface area contributed by atoms with Crippen LogP contribution in [0.3, 0.4) is 0 Å². The molecule has 0 saturated carbocycles. The molecule has 0 unspecified atom stereocenters. The van der Waals surface area contributed by atoms with Crippen LogP contribution in [0.25, 0.3) is 0 Å². The normalized spacial score (nSPS) is 20.8. The maximum Gasteiger partial charge on any atom is 0.226 e. The van der Waals surface area contributed by atoms with Crippen LogP contribution in [0.1, 0.15) is 35.2 Å². The largest absolute Gasteiger partial charge is 0.373 e. The van der Waals surface area contributed by atoms with E-state index in [2.05, 4.69) is 22.5 Å². The van der Waals surface area contributed by atoms with E-state index in [-0.39, 0.29) is 24.3 Å². The van der Waals surface area contributed by atoms with Crippen molar-refractivity contribution in [2.45, 2.75) is 32.8 Å². The van der Waals surface area contributed by atoms with E-state index >= 15 is 0 Å². The lowest BCUT2D eigenvalue weighted by molar-refractivity contribution is -0.120. The molecule has 3 heterocycles. The molecule has 7 heteroatoms. The molecule has 1 saturated heterocycles.